The lowest BCUT2D eigenvalue weighted by molar-refractivity contribution is -0.124. The van der Waals surface area contributed by atoms with Crippen molar-refractivity contribution < 1.29 is 4.79 Å². The first-order chi connectivity index (χ1) is 8.46. The third-order valence-electron chi connectivity index (χ3n) is 3.73. The smallest absolute Gasteiger partial charge is 0.228 e. The summed E-state index contributed by atoms with van der Waals surface area (Å²) in [6.45, 7) is 4.43. The average Bonchev–Trinajstić information content (AvgIpc) is 3.11. The van der Waals surface area contributed by atoms with E-state index in [1.54, 1.807) is 0 Å². The Bertz CT molecular complexity index is 444. The highest BCUT2D eigenvalue weighted by molar-refractivity contribution is 7.16. The van der Waals surface area contributed by atoms with E-state index in [-0.39, 0.29) is 17.4 Å². The van der Waals surface area contributed by atoms with Crippen LogP contribution in [0.5, 0.6) is 0 Å². The lowest BCUT2D eigenvalue weighted by Gasteiger charge is -2.30. The molecule has 1 heterocycles. The average molecular weight is 287 g/mol. The van der Waals surface area contributed by atoms with Gasteiger partial charge in [-0.2, -0.15) is 0 Å². The summed E-state index contributed by atoms with van der Waals surface area (Å²) in [4.78, 5) is 13.2. The Morgan fingerprint density at radius 2 is 2.33 bits per heavy atom. The van der Waals surface area contributed by atoms with Gasteiger partial charge in [0.25, 0.3) is 0 Å². The minimum atomic E-state index is -0.258. The third-order valence-corrected chi connectivity index (χ3v) is 5.14. The van der Waals surface area contributed by atoms with Crippen LogP contribution in [0.2, 0.25) is 4.34 Å². The number of hydrogen-bond acceptors (Lipinski definition) is 3. The number of hydrogen-bond donors (Lipinski definition) is 2. The Morgan fingerprint density at radius 1 is 1.67 bits per heavy atom. The van der Waals surface area contributed by atoms with Crippen molar-refractivity contribution >= 4 is 28.8 Å². The molecular weight excluding hydrogens is 268 g/mol. The Kier molecular flexibility index (Phi) is 3.99. The molecule has 0 aromatic carbocycles. The van der Waals surface area contributed by atoms with Crippen molar-refractivity contribution in [2.75, 3.05) is 6.54 Å². The van der Waals surface area contributed by atoms with Gasteiger partial charge in [0.1, 0.15) is 0 Å². The van der Waals surface area contributed by atoms with Gasteiger partial charge in [-0.05, 0) is 44.7 Å². The first kappa shape index (κ1) is 13.8. The van der Waals surface area contributed by atoms with E-state index in [0.717, 1.165) is 17.7 Å². The second-order valence-corrected chi connectivity index (χ2v) is 7.00. The van der Waals surface area contributed by atoms with Gasteiger partial charge >= 0.3 is 0 Å². The first-order valence-electron chi connectivity index (χ1n) is 6.23. The van der Waals surface area contributed by atoms with E-state index < -0.39 is 0 Å². The quantitative estimate of drug-likeness (QED) is 0.874. The van der Waals surface area contributed by atoms with Crippen LogP contribution < -0.4 is 11.1 Å². The van der Waals surface area contributed by atoms with Gasteiger partial charge in [-0.3, -0.25) is 4.79 Å². The Hall–Kier alpha value is -0.580. The number of carbonyl (C=O) groups is 1. The van der Waals surface area contributed by atoms with E-state index in [1.807, 2.05) is 26.0 Å². The van der Waals surface area contributed by atoms with Crippen molar-refractivity contribution in [2.45, 2.75) is 38.1 Å². The number of carbonyl (C=O) groups excluding carboxylic acids is 1. The maximum atomic E-state index is 12.3. The van der Waals surface area contributed by atoms with Gasteiger partial charge in [0.15, 0.2) is 0 Å². The van der Waals surface area contributed by atoms with E-state index in [4.69, 9.17) is 17.3 Å². The molecule has 0 radical (unpaired) electrons. The molecule has 0 bridgehead atoms. The van der Waals surface area contributed by atoms with Gasteiger partial charge in [0.05, 0.1) is 15.8 Å². The van der Waals surface area contributed by atoms with Gasteiger partial charge < -0.3 is 11.1 Å². The summed E-state index contributed by atoms with van der Waals surface area (Å²) in [5.74, 6) is 0.395. The van der Waals surface area contributed by atoms with Crippen LogP contribution in [0.3, 0.4) is 0 Å². The Morgan fingerprint density at radius 3 is 2.78 bits per heavy atom. The van der Waals surface area contributed by atoms with Crippen molar-refractivity contribution in [3.63, 3.8) is 0 Å². The highest BCUT2D eigenvalue weighted by Crippen LogP contribution is 2.39. The van der Waals surface area contributed by atoms with E-state index in [9.17, 15) is 4.79 Å². The number of thiophene rings is 1. The van der Waals surface area contributed by atoms with Gasteiger partial charge in [-0.1, -0.05) is 11.6 Å². The fourth-order valence-electron chi connectivity index (χ4n) is 2.12. The molecule has 1 amide bonds. The van der Waals surface area contributed by atoms with Crippen LogP contribution in [0, 0.1) is 5.92 Å². The zero-order valence-electron chi connectivity index (χ0n) is 10.7. The normalized spacial score (nSPS) is 20.2. The van der Waals surface area contributed by atoms with Crippen LogP contribution in [-0.2, 0) is 4.79 Å². The SMILES string of the molecule is CC(C(=O)NC(C)(CN)C1CC1)c1ccc(Cl)s1. The summed E-state index contributed by atoms with van der Waals surface area (Å²) in [5.41, 5.74) is 5.55. The van der Waals surface area contributed by atoms with Crippen molar-refractivity contribution in [2.24, 2.45) is 11.7 Å². The highest BCUT2D eigenvalue weighted by Gasteiger charge is 2.42. The zero-order chi connectivity index (χ0) is 13.3. The highest BCUT2D eigenvalue weighted by atomic mass is 35.5. The number of amides is 1. The first-order valence-corrected chi connectivity index (χ1v) is 7.43. The lowest BCUT2D eigenvalue weighted by Crippen LogP contribution is -2.54. The largest absolute Gasteiger partial charge is 0.349 e. The van der Waals surface area contributed by atoms with Gasteiger partial charge in [-0.25, -0.2) is 0 Å². The molecule has 1 aromatic rings. The van der Waals surface area contributed by atoms with Crippen molar-refractivity contribution in [3.05, 3.63) is 21.3 Å². The van der Waals surface area contributed by atoms with Crippen LogP contribution in [0.15, 0.2) is 12.1 Å². The maximum Gasteiger partial charge on any atom is 0.228 e. The number of halogens is 1. The van der Waals surface area contributed by atoms with Crippen LogP contribution in [0.1, 0.15) is 37.5 Å². The zero-order valence-corrected chi connectivity index (χ0v) is 12.3. The molecule has 1 aromatic heterocycles. The predicted octanol–water partition coefficient (Wildman–Crippen LogP) is 2.75. The van der Waals surface area contributed by atoms with Crippen LogP contribution in [0.25, 0.3) is 0 Å². The molecule has 1 aliphatic rings. The number of nitrogens with two attached hydrogens (primary N) is 1. The van der Waals surface area contributed by atoms with Crippen molar-refractivity contribution in [1.29, 1.82) is 0 Å². The van der Waals surface area contributed by atoms with Crippen LogP contribution >= 0.6 is 22.9 Å². The topological polar surface area (TPSA) is 55.1 Å². The summed E-state index contributed by atoms with van der Waals surface area (Å²) in [6, 6.07) is 3.74. The summed E-state index contributed by atoms with van der Waals surface area (Å²) in [6.07, 6.45) is 2.32. The summed E-state index contributed by atoms with van der Waals surface area (Å²) in [7, 11) is 0. The molecule has 3 nitrogen and oxygen atoms in total. The molecule has 18 heavy (non-hydrogen) atoms. The molecule has 2 atom stereocenters. The second-order valence-electron chi connectivity index (χ2n) is 5.25. The van der Waals surface area contributed by atoms with Crippen LogP contribution in [0.4, 0.5) is 0 Å². The molecule has 3 N–H and O–H groups in total. The molecule has 1 saturated carbocycles. The molecule has 2 unspecified atom stereocenters. The van der Waals surface area contributed by atoms with Gasteiger partial charge in [-0.15, -0.1) is 11.3 Å². The molecule has 5 heteroatoms. The van der Waals surface area contributed by atoms with E-state index >= 15 is 0 Å². The van der Waals surface area contributed by atoms with Crippen molar-refractivity contribution in [1.82, 2.24) is 5.32 Å². The predicted molar refractivity (Wildman–Crippen MR) is 76.1 cm³/mol. The third kappa shape index (κ3) is 2.87. The fraction of sp³-hybridized carbons (Fsp3) is 0.615. The molecule has 0 spiro atoms. The standard InChI is InChI=1S/C13H19ClN2OS/c1-8(10-5-6-11(14)18-10)12(17)16-13(2,7-15)9-3-4-9/h5-6,8-9H,3-4,7,15H2,1-2H3,(H,16,17). The van der Waals surface area contributed by atoms with E-state index in [0.29, 0.717) is 16.8 Å². The molecular formula is C13H19ClN2OS. The summed E-state index contributed by atoms with van der Waals surface area (Å²) >= 11 is 7.35. The molecule has 100 valence electrons. The number of rotatable bonds is 5. The Balaban J connectivity index is 2.03. The second kappa shape index (κ2) is 5.19. The van der Waals surface area contributed by atoms with Crippen molar-refractivity contribution in [3.8, 4) is 0 Å². The molecule has 1 fully saturated rings. The maximum absolute atomic E-state index is 12.3. The lowest BCUT2D eigenvalue weighted by atomic mass is 9.94. The Labute approximate surface area is 117 Å². The van der Waals surface area contributed by atoms with Gasteiger partial charge in [0, 0.05) is 11.4 Å². The molecule has 0 aliphatic heterocycles. The molecule has 1 aliphatic carbocycles. The monoisotopic (exact) mass is 286 g/mol. The van der Waals surface area contributed by atoms with E-state index in [1.165, 1.54) is 11.3 Å². The fourth-order valence-corrected chi connectivity index (χ4v) is 3.23. The van der Waals surface area contributed by atoms with Gasteiger partial charge in [0.2, 0.25) is 5.91 Å². The van der Waals surface area contributed by atoms with Crippen LogP contribution in [-0.4, -0.2) is 18.0 Å². The summed E-state index contributed by atoms with van der Waals surface area (Å²) < 4.78 is 0.716. The molecule has 2 rings (SSSR count). The number of nitrogens with one attached hydrogen (secondary N) is 1. The summed E-state index contributed by atoms with van der Waals surface area (Å²) in [5, 5.41) is 3.11. The minimum absolute atomic E-state index is 0.0355. The minimum Gasteiger partial charge on any atom is -0.349 e. The van der Waals surface area contributed by atoms with E-state index in [2.05, 4.69) is 5.32 Å². The molecule has 0 saturated heterocycles.